The van der Waals surface area contributed by atoms with Gasteiger partial charge in [-0.3, -0.25) is 0 Å². The van der Waals surface area contributed by atoms with E-state index >= 15 is 0 Å². The topological polar surface area (TPSA) is 64.7 Å². The van der Waals surface area contributed by atoms with Crippen molar-refractivity contribution in [3.8, 4) is 11.5 Å². The molecule has 0 amide bonds. The Labute approximate surface area is 120 Å². The lowest BCUT2D eigenvalue weighted by molar-refractivity contribution is 0.109. The van der Waals surface area contributed by atoms with Crippen molar-refractivity contribution in [3.63, 3.8) is 0 Å². The highest BCUT2D eigenvalue weighted by Gasteiger charge is 2.37. The van der Waals surface area contributed by atoms with Gasteiger partial charge < -0.3 is 20.3 Å². The van der Waals surface area contributed by atoms with Gasteiger partial charge in [0.1, 0.15) is 0 Å². The molecule has 1 unspecified atom stereocenters. The number of rotatable bonds is 6. The summed E-state index contributed by atoms with van der Waals surface area (Å²) in [5.74, 6) is 1.63. The van der Waals surface area contributed by atoms with Crippen molar-refractivity contribution in [2.75, 3.05) is 13.4 Å². The van der Waals surface area contributed by atoms with Gasteiger partial charge in [0.25, 0.3) is 0 Å². The number of aliphatic hydroxyl groups excluding tert-OH is 1. The lowest BCUT2D eigenvalue weighted by atomic mass is 9.68. The molecule has 0 radical (unpaired) electrons. The molecule has 1 heterocycles. The van der Waals surface area contributed by atoms with Gasteiger partial charge in [-0.1, -0.05) is 13.0 Å². The van der Waals surface area contributed by atoms with E-state index in [4.69, 9.17) is 15.2 Å². The molecule has 20 heavy (non-hydrogen) atoms. The Kier molecular flexibility index (Phi) is 4.25. The second-order valence-electron chi connectivity index (χ2n) is 6.44. The molecule has 0 aromatic heterocycles. The summed E-state index contributed by atoms with van der Waals surface area (Å²) in [6.45, 7) is 6.68. The van der Waals surface area contributed by atoms with Crippen molar-refractivity contribution >= 4 is 0 Å². The molecule has 0 spiro atoms. The van der Waals surface area contributed by atoms with Gasteiger partial charge in [-0.2, -0.15) is 0 Å². The van der Waals surface area contributed by atoms with E-state index in [1.54, 1.807) is 0 Å². The highest BCUT2D eigenvalue weighted by atomic mass is 16.7. The monoisotopic (exact) mass is 279 g/mol. The first-order chi connectivity index (χ1) is 9.36. The molecule has 0 saturated heterocycles. The molecule has 1 aromatic carbocycles. The van der Waals surface area contributed by atoms with Gasteiger partial charge >= 0.3 is 0 Å². The lowest BCUT2D eigenvalue weighted by Crippen LogP contribution is -2.49. The maximum Gasteiger partial charge on any atom is 0.231 e. The first kappa shape index (κ1) is 15.1. The minimum Gasteiger partial charge on any atom is -0.454 e. The van der Waals surface area contributed by atoms with Crippen molar-refractivity contribution in [2.45, 2.75) is 45.6 Å². The molecule has 3 N–H and O–H groups in total. The Morgan fingerprint density at radius 3 is 2.50 bits per heavy atom. The van der Waals surface area contributed by atoms with E-state index in [1.165, 1.54) is 5.56 Å². The predicted octanol–water partition coefficient (Wildman–Crippen LogP) is 2.47. The Morgan fingerprint density at radius 1 is 1.15 bits per heavy atom. The number of aliphatic hydroxyl groups is 1. The zero-order chi connectivity index (χ0) is 14.8. The fourth-order valence-corrected chi connectivity index (χ4v) is 2.53. The fourth-order valence-electron chi connectivity index (χ4n) is 2.53. The second-order valence-corrected chi connectivity index (χ2v) is 6.44. The van der Waals surface area contributed by atoms with Crippen LogP contribution in [0.15, 0.2) is 18.2 Å². The zero-order valence-electron chi connectivity index (χ0n) is 12.6. The summed E-state index contributed by atoms with van der Waals surface area (Å²) >= 11 is 0. The van der Waals surface area contributed by atoms with E-state index < -0.39 is 0 Å². The fraction of sp³-hybridized carbons (Fsp3) is 0.625. The second kappa shape index (κ2) is 5.62. The largest absolute Gasteiger partial charge is 0.454 e. The molecule has 4 nitrogen and oxygen atoms in total. The highest BCUT2D eigenvalue weighted by molar-refractivity contribution is 5.44. The maximum absolute atomic E-state index is 9.30. The van der Waals surface area contributed by atoms with Gasteiger partial charge in [0.2, 0.25) is 6.79 Å². The van der Waals surface area contributed by atoms with Gasteiger partial charge in [-0.15, -0.1) is 0 Å². The molecule has 4 heteroatoms. The van der Waals surface area contributed by atoms with E-state index in [-0.39, 0.29) is 17.6 Å². The van der Waals surface area contributed by atoms with Crippen LogP contribution < -0.4 is 15.2 Å². The van der Waals surface area contributed by atoms with E-state index in [9.17, 15) is 5.11 Å². The Bertz CT molecular complexity index is 467. The van der Waals surface area contributed by atoms with Crippen LogP contribution in [0.25, 0.3) is 0 Å². The van der Waals surface area contributed by atoms with Crippen molar-refractivity contribution in [3.05, 3.63) is 23.8 Å². The molecule has 1 aromatic rings. The normalized spacial score (nSPS) is 17.1. The van der Waals surface area contributed by atoms with Crippen LogP contribution in [0.3, 0.4) is 0 Å². The molecule has 1 aliphatic rings. The van der Waals surface area contributed by atoms with Gasteiger partial charge in [0.15, 0.2) is 11.5 Å². The summed E-state index contributed by atoms with van der Waals surface area (Å²) in [6.07, 6.45) is 2.55. The van der Waals surface area contributed by atoms with Crippen molar-refractivity contribution in [2.24, 2.45) is 11.1 Å². The maximum atomic E-state index is 9.30. The summed E-state index contributed by atoms with van der Waals surface area (Å²) in [6, 6.07) is 6.05. The minimum atomic E-state index is -0.327. The molecule has 0 bridgehead atoms. The van der Waals surface area contributed by atoms with Crippen LogP contribution in [0.1, 0.15) is 39.2 Å². The first-order valence-electron chi connectivity index (χ1n) is 7.14. The minimum absolute atomic E-state index is 0.0991. The molecular formula is C16H25NO3. The first-order valence-corrected chi connectivity index (χ1v) is 7.14. The van der Waals surface area contributed by atoms with E-state index in [2.05, 4.69) is 13.0 Å². The quantitative estimate of drug-likeness (QED) is 0.839. The molecule has 2 rings (SSSR count). The van der Waals surface area contributed by atoms with Crippen LogP contribution in [0.5, 0.6) is 11.5 Å². The van der Waals surface area contributed by atoms with Gasteiger partial charge in [0.05, 0.1) is 0 Å². The van der Waals surface area contributed by atoms with Gasteiger partial charge in [-0.05, 0) is 56.2 Å². The van der Waals surface area contributed by atoms with Crippen LogP contribution in [-0.4, -0.2) is 24.0 Å². The summed E-state index contributed by atoms with van der Waals surface area (Å²) in [5, 5.41) is 9.30. The molecule has 1 aliphatic heterocycles. The number of hydrogen-bond donors (Lipinski definition) is 2. The predicted molar refractivity (Wildman–Crippen MR) is 79.0 cm³/mol. The van der Waals surface area contributed by atoms with E-state index in [0.29, 0.717) is 13.2 Å². The number of fused-ring (bicyclic) bond motifs is 1. The smallest absolute Gasteiger partial charge is 0.231 e. The molecule has 0 fully saturated rings. The third kappa shape index (κ3) is 3.07. The number of nitrogens with two attached hydrogens (primary N) is 1. The van der Waals surface area contributed by atoms with E-state index in [0.717, 1.165) is 24.3 Å². The Hall–Kier alpha value is -1.26. The standard InChI is InChI=1S/C16H25NO3/c1-15(2,17)16(3,8-9-18)7-6-12-4-5-13-14(10-12)20-11-19-13/h4-5,10,18H,6-9,11,17H2,1-3H3. The third-order valence-corrected chi connectivity index (χ3v) is 4.62. The number of ether oxygens (including phenoxy) is 2. The van der Waals surface area contributed by atoms with Gasteiger partial charge in [0, 0.05) is 12.1 Å². The summed E-state index contributed by atoms with van der Waals surface area (Å²) in [4.78, 5) is 0. The Balaban J connectivity index is 2.06. The highest BCUT2D eigenvalue weighted by Crippen LogP contribution is 2.38. The summed E-state index contributed by atoms with van der Waals surface area (Å²) in [5.41, 5.74) is 7.08. The zero-order valence-corrected chi connectivity index (χ0v) is 12.6. The summed E-state index contributed by atoms with van der Waals surface area (Å²) in [7, 11) is 0. The SMILES string of the molecule is CC(C)(N)C(C)(CCO)CCc1ccc2c(c1)OCO2. The van der Waals surface area contributed by atoms with Crippen LogP contribution in [0.4, 0.5) is 0 Å². The van der Waals surface area contributed by atoms with Gasteiger partial charge in [-0.25, -0.2) is 0 Å². The number of hydrogen-bond acceptors (Lipinski definition) is 4. The average Bonchev–Trinajstić information content (AvgIpc) is 2.82. The molecule has 1 atom stereocenters. The number of aryl methyl sites for hydroxylation is 1. The van der Waals surface area contributed by atoms with E-state index in [1.807, 2.05) is 26.0 Å². The van der Waals surface area contributed by atoms with Crippen molar-refractivity contribution < 1.29 is 14.6 Å². The average molecular weight is 279 g/mol. The molecule has 112 valence electrons. The van der Waals surface area contributed by atoms with Crippen molar-refractivity contribution in [1.29, 1.82) is 0 Å². The third-order valence-electron chi connectivity index (χ3n) is 4.62. The van der Waals surface area contributed by atoms with Crippen LogP contribution in [-0.2, 0) is 6.42 Å². The molecular weight excluding hydrogens is 254 g/mol. The summed E-state index contributed by atoms with van der Waals surface area (Å²) < 4.78 is 10.7. The Morgan fingerprint density at radius 2 is 1.85 bits per heavy atom. The lowest BCUT2D eigenvalue weighted by Gasteiger charge is -2.42. The van der Waals surface area contributed by atoms with Crippen LogP contribution in [0, 0.1) is 5.41 Å². The molecule has 0 aliphatic carbocycles. The van der Waals surface area contributed by atoms with Crippen LogP contribution >= 0.6 is 0 Å². The molecule has 0 saturated carbocycles. The number of benzene rings is 1. The van der Waals surface area contributed by atoms with Crippen molar-refractivity contribution in [1.82, 2.24) is 0 Å². The van der Waals surface area contributed by atoms with Crippen LogP contribution in [0.2, 0.25) is 0 Å².